The molecule has 8 aromatic heterocycles. The van der Waals surface area contributed by atoms with Crippen molar-refractivity contribution >= 4 is 32.4 Å². The van der Waals surface area contributed by atoms with Crippen molar-refractivity contribution in [2.75, 3.05) is 0 Å². The first-order valence-corrected chi connectivity index (χ1v) is 37.4. The molecule has 0 aliphatic heterocycles. The van der Waals surface area contributed by atoms with Gasteiger partial charge in [0.05, 0.1) is 22.6 Å². The van der Waals surface area contributed by atoms with Gasteiger partial charge in [-0.25, -0.2) is 29.9 Å². The molecule has 11 aromatic rings. The molecule has 0 saturated carbocycles. The van der Waals surface area contributed by atoms with E-state index in [0.717, 1.165) is 115 Å². The molecule has 13 heteroatoms. The van der Waals surface area contributed by atoms with Gasteiger partial charge in [0.1, 0.15) is 17.5 Å². The quantitative estimate of drug-likeness (QED) is 0.164. The van der Waals surface area contributed by atoms with Crippen LogP contribution in [-0.2, 0) is 0 Å². The van der Waals surface area contributed by atoms with Gasteiger partial charge in [-0.05, 0) is 197 Å². The minimum absolute atomic E-state index is 0.419. The van der Waals surface area contributed by atoms with Crippen LogP contribution >= 0.6 is 0 Å². The fourth-order valence-corrected chi connectivity index (χ4v) is 8.62. The molecule has 0 N–H and O–H groups in total. The zero-order chi connectivity index (χ0) is 79.9. The van der Waals surface area contributed by atoms with Gasteiger partial charge in [-0.2, -0.15) is 0 Å². The lowest BCUT2D eigenvalue weighted by atomic mass is 10.0. The highest BCUT2D eigenvalue weighted by Crippen LogP contribution is 2.21. The number of aromatic nitrogens is 13. The summed E-state index contributed by atoms with van der Waals surface area (Å²) in [4.78, 5) is 54.8. The van der Waals surface area contributed by atoms with Gasteiger partial charge in [0, 0.05) is 117 Å². The number of aryl methyl sites for hydroxylation is 13. The Kier molecular flexibility index (Phi) is 50.5. The number of hydrogen-bond acceptors (Lipinski definition) is 13. The van der Waals surface area contributed by atoms with Crippen LogP contribution in [0.2, 0.25) is 0 Å². The summed E-state index contributed by atoms with van der Waals surface area (Å²) in [6.07, 6.45) is 12.2. The molecule has 0 fully saturated rings. The van der Waals surface area contributed by atoms with E-state index in [1.54, 1.807) is 31.0 Å². The molecule has 0 aliphatic carbocycles. The molecule has 8 heterocycles. The maximum Gasteiger partial charge on any atom is 0.131 e. The molecular weight excluding hydrogens is 1280 g/mol. The second-order valence-electron chi connectivity index (χ2n) is 30.2. The number of benzene rings is 3. The molecule has 0 amide bonds. The lowest BCUT2D eigenvalue weighted by Crippen LogP contribution is -2.03. The third-order valence-corrected chi connectivity index (χ3v) is 13.5. The van der Waals surface area contributed by atoms with Crippen LogP contribution in [0, 0.1) is 133 Å². The highest BCUT2D eigenvalue weighted by molar-refractivity contribution is 5.84. The normalized spacial score (nSPS) is 10.0. The SMILES string of the molecule is CC(C)C.CC(C)C.CC(C)C.CC(C)C.CC(C)C.Cc1cc2ccccc2cn1.Cc1ccc2ccccc2n1.Cc1cnccn1.Cc1nc(C(C)C)nc(C)c1C.Cc1nc(C)c(C(C)C)c(C)n1.Cc1nc(C)c(C)c(C(C)C)n1.Cc1nccc2ccccc12.Cc1nccnc1C. The van der Waals surface area contributed by atoms with Gasteiger partial charge in [0.25, 0.3) is 0 Å². The van der Waals surface area contributed by atoms with Crippen molar-refractivity contribution in [3.63, 3.8) is 0 Å². The van der Waals surface area contributed by atoms with Crippen LogP contribution in [0.3, 0.4) is 0 Å². The number of hydrogen-bond donors (Lipinski definition) is 0. The summed E-state index contributed by atoms with van der Waals surface area (Å²) in [5, 5.41) is 6.19. The third-order valence-electron chi connectivity index (χ3n) is 13.5. The number of fused-ring (bicyclic) bond motifs is 3. The molecule has 0 aliphatic rings. The number of pyridine rings is 3. The van der Waals surface area contributed by atoms with E-state index in [1.165, 1.54) is 49.3 Å². The van der Waals surface area contributed by atoms with Crippen molar-refractivity contribution in [1.82, 2.24) is 64.8 Å². The second kappa shape index (κ2) is 54.0. The number of nitrogens with zero attached hydrogens (tertiary/aromatic N) is 13. The predicted octanol–water partition coefficient (Wildman–Crippen LogP) is 25.4. The van der Waals surface area contributed by atoms with Crippen molar-refractivity contribution in [3.8, 4) is 0 Å². The number of para-hydroxylation sites is 1. The van der Waals surface area contributed by atoms with Crippen LogP contribution in [0.25, 0.3) is 32.4 Å². The summed E-state index contributed by atoms with van der Waals surface area (Å²) in [6, 6.07) is 32.9. The largest absolute Gasteiger partial charge is 0.261 e. The fourth-order valence-electron chi connectivity index (χ4n) is 8.62. The monoisotopic (exact) mass is 1410 g/mol. The van der Waals surface area contributed by atoms with E-state index in [2.05, 4.69) is 280 Å². The molecule has 13 nitrogen and oxygen atoms in total. The van der Waals surface area contributed by atoms with Crippen LogP contribution in [0.1, 0.15) is 266 Å². The van der Waals surface area contributed by atoms with E-state index in [1.807, 2.05) is 143 Å². The molecule has 0 spiro atoms. The zero-order valence-corrected chi connectivity index (χ0v) is 71.7. The minimum atomic E-state index is 0.419. The van der Waals surface area contributed by atoms with Gasteiger partial charge in [-0.15, -0.1) is 0 Å². The molecule has 568 valence electrons. The highest BCUT2D eigenvalue weighted by Gasteiger charge is 2.11. The Labute approximate surface area is 633 Å². The summed E-state index contributed by atoms with van der Waals surface area (Å²) in [5.41, 5.74) is 17.8. The van der Waals surface area contributed by atoms with E-state index in [-0.39, 0.29) is 0 Å². The van der Waals surface area contributed by atoms with E-state index >= 15 is 0 Å². The lowest BCUT2D eigenvalue weighted by molar-refractivity contribution is 0.736. The second-order valence-corrected chi connectivity index (χ2v) is 30.2. The van der Waals surface area contributed by atoms with Crippen LogP contribution < -0.4 is 0 Å². The smallest absolute Gasteiger partial charge is 0.131 e. The average molecular weight is 1420 g/mol. The summed E-state index contributed by atoms with van der Waals surface area (Å²) < 4.78 is 0. The lowest BCUT2D eigenvalue weighted by Gasteiger charge is -2.11. The summed E-state index contributed by atoms with van der Waals surface area (Å²) in [7, 11) is 0. The first-order valence-electron chi connectivity index (χ1n) is 37.4. The molecule has 104 heavy (non-hydrogen) atoms. The maximum atomic E-state index is 4.42. The van der Waals surface area contributed by atoms with E-state index in [9.17, 15) is 0 Å². The molecule has 0 radical (unpaired) electrons. The van der Waals surface area contributed by atoms with Crippen molar-refractivity contribution in [2.24, 2.45) is 29.6 Å². The minimum Gasteiger partial charge on any atom is -0.261 e. The standard InChI is InChI=1S/3C10H16N2.3C10H9N.C6H8N2.C5H6N2.5C4H10/c1-6(2)10-7(3)11-9(5)12-8(10)4;1-6(2)10-7(3)8(4)11-9(5)12-10;1-6(2)10-11-8(4)7(3)9(5)12-10;1-8-6-9-4-2-3-5-10(9)7-11-8;1-8-10-5-3-2-4-9(10)6-7-11-8;1-8-6-7-9-4-2-3-5-10(9)11-8;1-5-6(2)8-4-3-7-5;1-5-4-6-2-3-7-5;5*1-4(2)3/h3*6H,1-5H3;3*2-7H,1H3;3-4H,1-2H3;2-4H,1H3;5*4H,1-3H3. The van der Waals surface area contributed by atoms with E-state index < -0.39 is 0 Å². The van der Waals surface area contributed by atoms with E-state index in [4.69, 9.17) is 0 Å². The Bertz CT molecular complexity index is 3870. The molecule has 0 saturated heterocycles. The molecule has 3 aromatic carbocycles. The van der Waals surface area contributed by atoms with Crippen LogP contribution in [-0.4, -0.2) is 64.8 Å². The van der Waals surface area contributed by atoms with Crippen LogP contribution in [0.5, 0.6) is 0 Å². The maximum absolute atomic E-state index is 4.42. The van der Waals surface area contributed by atoms with Gasteiger partial charge in [0.2, 0.25) is 0 Å². The van der Waals surface area contributed by atoms with Crippen LogP contribution in [0.15, 0.2) is 140 Å². The van der Waals surface area contributed by atoms with Gasteiger partial charge in [-0.1, -0.05) is 218 Å². The van der Waals surface area contributed by atoms with Crippen molar-refractivity contribution in [2.45, 2.75) is 267 Å². The van der Waals surface area contributed by atoms with Gasteiger partial charge in [-0.3, -0.25) is 34.9 Å². The first-order chi connectivity index (χ1) is 48.5. The molecule has 0 bridgehead atoms. The Morgan fingerprint density at radius 3 is 1.10 bits per heavy atom. The Morgan fingerprint density at radius 2 is 0.673 bits per heavy atom. The summed E-state index contributed by atoms with van der Waals surface area (Å²) in [5.74, 6) is 8.30. The van der Waals surface area contributed by atoms with E-state index in [0.29, 0.717) is 17.8 Å². The predicted molar refractivity (Wildman–Crippen MR) is 451 cm³/mol. The van der Waals surface area contributed by atoms with Crippen LogP contribution in [0.4, 0.5) is 0 Å². The van der Waals surface area contributed by atoms with Gasteiger partial charge < -0.3 is 0 Å². The fraction of sp³-hybridized carbons (Fsp3) is 0.484. The Hall–Kier alpha value is -8.71. The molecule has 0 unspecified atom stereocenters. The molecule has 11 rings (SSSR count). The molecular formula is C91H139N13. The summed E-state index contributed by atoms with van der Waals surface area (Å²) in [6.45, 7) is 75.5. The number of rotatable bonds is 3. The Balaban J connectivity index is 0. The topological polar surface area (TPSA) is 168 Å². The first kappa shape index (κ1) is 97.3. The zero-order valence-electron chi connectivity index (χ0n) is 71.7. The Morgan fingerprint density at radius 1 is 0.260 bits per heavy atom. The van der Waals surface area contributed by atoms with Crippen molar-refractivity contribution in [3.05, 3.63) is 243 Å². The summed E-state index contributed by atoms with van der Waals surface area (Å²) >= 11 is 0. The third kappa shape index (κ3) is 46.1. The van der Waals surface area contributed by atoms with Gasteiger partial charge >= 0.3 is 0 Å². The molecule has 0 atom stereocenters. The average Bonchev–Trinajstić information content (AvgIpc) is 0.845. The van der Waals surface area contributed by atoms with Crippen molar-refractivity contribution < 1.29 is 0 Å². The van der Waals surface area contributed by atoms with Gasteiger partial charge in [0.15, 0.2) is 0 Å². The highest BCUT2D eigenvalue weighted by atomic mass is 14.9. The van der Waals surface area contributed by atoms with Crippen molar-refractivity contribution in [1.29, 1.82) is 0 Å².